The minimum absolute atomic E-state index is 0.0952. The van der Waals surface area contributed by atoms with Crippen LogP contribution in [0.1, 0.15) is 41.2 Å². The lowest BCUT2D eigenvalue weighted by Crippen LogP contribution is -2.44. The number of hydrogen-bond acceptors (Lipinski definition) is 4. The van der Waals surface area contributed by atoms with E-state index in [2.05, 4.69) is 15.6 Å². The number of rotatable bonds is 8. The van der Waals surface area contributed by atoms with Crippen LogP contribution in [0.25, 0.3) is 0 Å². The number of imidazole rings is 1. The molecule has 146 valence electrons. The number of fused-ring (bicyclic) bond motifs is 1. The van der Waals surface area contributed by atoms with Crippen molar-refractivity contribution in [1.82, 2.24) is 25.1 Å². The predicted octanol–water partition coefficient (Wildman–Crippen LogP) is 0.865. The summed E-state index contributed by atoms with van der Waals surface area (Å²) < 4.78 is 1.94. The third kappa shape index (κ3) is 3.76. The number of nitrogens with one attached hydrogen (secondary N) is 2. The molecule has 2 aromatic rings. The van der Waals surface area contributed by atoms with Gasteiger partial charge in [-0.1, -0.05) is 18.2 Å². The van der Waals surface area contributed by atoms with Gasteiger partial charge in [-0.05, 0) is 30.9 Å². The van der Waals surface area contributed by atoms with Crippen LogP contribution in [0.2, 0.25) is 0 Å². The van der Waals surface area contributed by atoms with E-state index in [9.17, 15) is 14.4 Å². The second kappa shape index (κ2) is 7.84. The molecule has 2 aliphatic rings. The predicted molar refractivity (Wildman–Crippen MR) is 101 cm³/mol. The fourth-order valence-electron chi connectivity index (χ4n) is 3.57. The zero-order valence-corrected chi connectivity index (χ0v) is 15.5. The van der Waals surface area contributed by atoms with Crippen LogP contribution in [0.15, 0.2) is 43.0 Å². The zero-order valence-electron chi connectivity index (χ0n) is 15.5. The van der Waals surface area contributed by atoms with Crippen LogP contribution in [0.3, 0.4) is 0 Å². The fraction of sp³-hybridized carbons (Fsp3) is 0.400. The molecular formula is C20H23N5O3. The average Bonchev–Trinajstić information content (AvgIpc) is 3.32. The third-order valence-corrected chi connectivity index (χ3v) is 5.08. The van der Waals surface area contributed by atoms with Gasteiger partial charge in [0.05, 0.1) is 12.9 Å². The molecule has 1 unspecified atom stereocenters. The van der Waals surface area contributed by atoms with Gasteiger partial charge in [-0.15, -0.1) is 0 Å². The Labute approximate surface area is 162 Å². The van der Waals surface area contributed by atoms with Crippen molar-refractivity contribution in [2.24, 2.45) is 0 Å². The van der Waals surface area contributed by atoms with Crippen LogP contribution >= 0.6 is 0 Å². The standard InChI is InChI=1S/C20H23N5O3/c26-17(22-8-3-10-24-11-9-21-13-24)12-23-19(27)18-15-4-1-2-5-16(15)20(28)25(18)14-6-7-14/h1-2,4-5,9,11,13-14,18H,3,6-8,10,12H2,(H,22,26)(H,23,27). The first kappa shape index (κ1) is 18.2. The summed E-state index contributed by atoms with van der Waals surface area (Å²) in [6.45, 7) is 1.19. The van der Waals surface area contributed by atoms with Gasteiger partial charge in [0.2, 0.25) is 11.8 Å². The molecule has 1 atom stereocenters. The van der Waals surface area contributed by atoms with Crippen molar-refractivity contribution in [3.05, 3.63) is 54.1 Å². The molecule has 0 radical (unpaired) electrons. The van der Waals surface area contributed by atoms with E-state index in [0.717, 1.165) is 31.4 Å². The van der Waals surface area contributed by atoms with Crippen LogP contribution < -0.4 is 10.6 Å². The van der Waals surface area contributed by atoms with Crippen molar-refractivity contribution >= 4 is 17.7 Å². The molecule has 1 aromatic carbocycles. The zero-order chi connectivity index (χ0) is 19.5. The van der Waals surface area contributed by atoms with Crippen LogP contribution in [-0.2, 0) is 16.1 Å². The molecule has 1 saturated carbocycles. The summed E-state index contributed by atoms with van der Waals surface area (Å²) in [7, 11) is 0. The maximum Gasteiger partial charge on any atom is 0.255 e. The first-order chi connectivity index (χ1) is 13.6. The van der Waals surface area contributed by atoms with Crippen molar-refractivity contribution < 1.29 is 14.4 Å². The van der Waals surface area contributed by atoms with Gasteiger partial charge in [0.25, 0.3) is 5.91 Å². The summed E-state index contributed by atoms with van der Waals surface area (Å²) in [5, 5.41) is 5.49. The normalized spacial score (nSPS) is 18.1. The lowest BCUT2D eigenvalue weighted by molar-refractivity contribution is -0.129. The molecule has 28 heavy (non-hydrogen) atoms. The Bertz CT molecular complexity index is 876. The topological polar surface area (TPSA) is 96.3 Å². The number of hydrogen-bond donors (Lipinski definition) is 2. The molecule has 4 rings (SSSR count). The molecular weight excluding hydrogens is 358 g/mol. The Balaban J connectivity index is 1.29. The van der Waals surface area contributed by atoms with Crippen molar-refractivity contribution in [3.63, 3.8) is 0 Å². The molecule has 1 fully saturated rings. The number of benzene rings is 1. The maximum atomic E-state index is 12.8. The van der Waals surface area contributed by atoms with E-state index in [1.165, 1.54) is 0 Å². The van der Waals surface area contributed by atoms with Gasteiger partial charge < -0.3 is 20.1 Å². The molecule has 2 heterocycles. The van der Waals surface area contributed by atoms with E-state index < -0.39 is 6.04 Å². The average molecular weight is 381 g/mol. The van der Waals surface area contributed by atoms with Gasteiger partial charge in [0, 0.05) is 37.1 Å². The number of amides is 3. The van der Waals surface area contributed by atoms with Gasteiger partial charge in [-0.3, -0.25) is 14.4 Å². The smallest absolute Gasteiger partial charge is 0.255 e. The maximum absolute atomic E-state index is 12.8. The second-order valence-corrected chi connectivity index (χ2v) is 7.16. The molecule has 3 amide bonds. The van der Waals surface area contributed by atoms with Gasteiger partial charge >= 0.3 is 0 Å². The van der Waals surface area contributed by atoms with E-state index in [1.807, 2.05) is 22.9 Å². The Morgan fingerprint density at radius 2 is 2.00 bits per heavy atom. The van der Waals surface area contributed by atoms with E-state index in [0.29, 0.717) is 12.1 Å². The second-order valence-electron chi connectivity index (χ2n) is 7.16. The van der Waals surface area contributed by atoms with Gasteiger partial charge in [0.1, 0.15) is 6.04 Å². The summed E-state index contributed by atoms with van der Waals surface area (Å²) >= 11 is 0. The molecule has 2 N–H and O–H groups in total. The summed E-state index contributed by atoms with van der Waals surface area (Å²) in [5.41, 5.74) is 1.30. The highest BCUT2D eigenvalue weighted by Crippen LogP contribution is 2.41. The monoisotopic (exact) mass is 381 g/mol. The van der Waals surface area contributed by atoms with E-state index >= 15 is 0 Å². The highest BCUT2D eigenvalue weighted by molar-refractivity contribution is 6.05. The van der Waals surface area contributed by atoms with Crippen molar-refractivity contribution in [3.8, 4) is 0 Å². The molecule has 8 nitrogen and oxygen atoms in total. The Hall–Kier alpha value is -3.16. The SMILES string of the molecule is O=C(CNC(=O)C1c2ccccc2C(=O)N1C1CC1)NCCCn1ccnc1. The molecule has 1 aromatic heterocycles. The first-order valence-electron chi connectivity index (χ1n) is 9.57. The number of aromatic nitrogens is 2. The van der Waals surface area contributed by atoms with Gasteiger partial charge in [-0.2, -0.15) is 0 Å². The lowest BCUT2D eigenvalue weighted by atomic mass is 10.0. The van der Waals surface area contributed by atoms with E-state index in [-0.39, 0.29) is 30.3 Å². The number of nitrogens with zero attached hydrogens (tertiary/aromatic N) is 3. The number of aryl methyl sites for hydroxylation is 1. The van der Waals surface area contributed by atoms with Crippen LogP contribution in [0.5, 0.6) is 0 Å². The molecule has 1 aliphatic heterocycles. The van der Waals surface area contributed by atoms with E-state index in [4.69, 9.17) is 0 Å². The quantitative estimate of drug-likeness (QED) is 0.663. The Morgan fingerprint density at radius 3 is 2.75 bits per heavy atom. The molecule has 0 bridgehead atoms. The Morgan fingerprint density at radius 1 is 1.18 bits per heavy atom. The summed E-state index contributed by atoms with van der Waals surface area (Å²) in [6, 6.07) is 6.68. The summed E-state index contributed by atoms with van der Waals surface area (Å²) in [5.74, 6) is -0.643. The molecule has 0 spiro atoms. The van der Waals surface area contributed by atoms with Crippen LogP contribution in [0.4, 0.5) is 0 Å². The minimum Gasteiger partial charge on any atom is -0.355 e. The number of carbonyl (C=O) groups is 3. The molecule has 0 saturated heterocycles. The fourth-order valence-corrected chi connectivity index (χ4v) is 3.57. The highest BCUT2D eigenvalue weighted by Gasteiger charge is 2.47. The van der Waals surface area contributed by atoms with Crippen molar-refractivity contribution in [2.45, 2.75) is 37.9 Å². The Kier molecular flexibility index (Phi) is 5.10. The molecule has 8 heteroatoms. The highest BCUT2D eigenvalue weighted by atomic mass is 16.2. The lowest BCUT2D eigenvalue weighted by Gasteiger charge is -2.24. The summed E-state index contributed by atoms with van der Waals surface area (Å²) in [4.78, 5) is 43.1. The van der Waals surface area contributed by atoms with Gasteiger partial charge in [-0.25, -0.2) is 4.98 Å². The molecule has 1 aliphatic carbocycles. The largest absolute Gasteiger partial charge is 0.355 e. The minimum atomic E-state index is -0.648. The first-order valence-corrected chi connectivity index (χ1v) is 9.57. The van der Waals surface area contributed by atoms with Crippen molar-refractivity contribution in [1.29, 1.82) is 0 Å². The third-order valence-electron chi connectivity index (χ3n) is 5.08. The van der Waals surface area contributed by atoms with Crippen LogP contribution in [-0.4, -0.2) is 51.3 Å². The van der Waals surface area contributed by atoms with Crippen LogP contribution in [0, 0.1) is 0 Å². The van der Waals surface area contributed by atoms with E-state index in [1.54, 1.807) is 29.6 Å². The van der Waals surface area contributed by atoms with Gasteiger partial charge in [0.15, 0.2) is 0 Å². The number of carbonyl (C=O) groups excluding carboxylic acids is 3. The van der Waals surface area contributed by atoms with Crippen molar-refractivity contribution in [2.75, 3.05) is 13.1 Å². The summed E-state index contributed by atoms with van der Waals surface area (Å²) in [6.07, 6.45) is 7.92.